The molecule has 2 heterocycles. The Hall–Kier alpha value is -0.770. The molecular weight excluding hydrogens is 527 g/mol. The van der Waals surface area contributed by atoms with Gasteiger partial charge in [-0.2, -0.15) is 0 Å². The highest BCUT2D eigenvalue weighted by molar-refractivity contribution is 14.1. The summed E-state index contributed by atoms with van der Waals surface area (Å²) >= 11 is 11.8. The van der Waals surface area contributed by atoms with Crippen molar-refractivity contribution in [3.63, 3.8) is 0 Å². The van der Waals surface area contributed by atoms with Crippen LogP contribution < -0.4 is 5.32 Å². The van der Waals surface area contributed by atoms with Gasteiger partial charge in [0.2, 0.25) is 0 Å². The maximum atomic E-state index is 12.9. The van der Waals surface area contributed by atoms with Crippen LogP contribution in [0.5, 0.6) is 0 Å². The van der Waals surface area contributed by atoms with E-state index in [4.69, 9.17) is 21.3 Å². The van der Waals surface area contributed by atoms with E-state index in [0.29, 0.717) is 17.2 Å². The second-order valence-electron chi connectivity index (χ2n) is 7.25. The maximum absolute atomic E-state index is 12.9. The molecule has 0 aliphatic carbocycles. The van der Waals surface area contributed by atoms with Crippen LogP contribution in [0.15, 0.2) is 23.2 Å². The summed E-state index contributed by atoms with van der Waals surface area (Å²) < 4.78 is 6.46. The van der Waals surface area contributed by atoms with E-state index in [1.807, 2.05) is 31.4 Å². The predicted octanol–water partition coefficient (Wildman–Crippen LogP) is 6.62. The Kier molecular flexibility index (Phi) is 7.00. The zero-order valence-corrected chi connectivity index (χ0v) is 20.7. The molecule has 150 valence electrons. The number of aliphatic imine (C=N–C) groups is 1. The van der Waals surface area contributed by atoms with Crippen molar-refractivity contribution < 1.29 is 9.53 Å². The van der Waals surface area contributed by atoms with Gasteiger partial charge in [0.1, 0.15) is 10.0 Å². The lowest BCUT2D eigenvalue weighted by Crippen LogP contribution is -2.19. The average Bonchev–Trinajstić information content (AvgIpc) is 2.89. The first kappa shape index (κ1) is 21.9. The van der Waals surface area contributed by atoms with Gasteiger partial charge in [0.25, 0.3) is 0 Å². The highest BCUT2D eigenvalue weighted by Crippen LogP contribution is 2.43. The fourth-order valence-corrected chi connectivity index (χ4v) is 5.98. The fraction of sp³-hybridized carbons (Fsp3) is 0.400. The molecule has 2 aromatic rings. The molecule has 8 heteroatoms. The summed E-state index contributed by atoms with van der Waals surface area (Å²) in [7, 11) is 0. The summed E-state index contributed by atoms with van der Waals surface area (Å²) in [4.78, 5) is 18.8. The Morgan fingerprint density at radius 1 is 1.46 bits per heavy atom. The van der Waals surface area contributed by atoms with Crippen molar-refractivity contribution in [2.45, 2.75) is 27.2 Å². The molecule has 0 bridgehead atoms. The Morgan fingerprint density at radius 3 is 2.86 bits per heavy atom. The number of nitrogens with one attached hydrogen (secondary N) is 1. The van der Waals surface area contributed by atoms with E-state index in [-0.39, 0.29) is 11.4 Å². The summed E-state index contributed by atoms with van der Waals surface area (Å²) in [5, 5.41) is 5.72. The molecule has 0 fully saturated rings. The predicted molar refractivity (Wildman–Crippen MR) is 130 cm³/mol. The number of rotatable bonds is 4. The Balaban J connectivity index is 2.15. The van der Waals surface area contributed by atoms with Gasteiger partial charge >= 0.3 is 5.97 Å². The van der Waals surface area contributed by atoms with Gasteiger partial charge in [-0.15, -0.1) is 23.1 Å². The minimum Gasteiger partial charge on any atom is -0.462 e. The van der Waals surface area contributed by atoms with Crippen molar-refractivity contribution in [1.29, 1.82) is 0 Å². The van der Waals surface area contributed by atoms with Gasteiger partial charge in [-0.3, -0.25) is 4.99 Å². The zero-order valence-electron chi connectivity index (χ0n) is 16.2. The van der Waals surface area contributed by atoms with Gasteiger partial charge in [0, 0.05) is 10.1 Å². The Bertz CT molecular complexity index is 941. The lowest BCUT2D eigenvalue weighted by Gasteiger charge is -2.21. The number of anilines is 2. The van der Waals surface area contributed by atoms with Crippen LogP contribution in [0.2, 0.25) is 5.02 Å². The average molecular weight is 549 g/mol. The highest BCUT2D eigenvalue weighted by atomic mass is 127. The van der Waals surface area contributed by atoms with E-state index in [2.05, 4.69) is 41.8 Å². The molecule has 0 saturated heterocycles. The number of thioether (sulfide) groups is 1. The van der Waals surface area contributed by atoms with Crippen molar-refractivity contribution in [1.82, 2.24) is 0 Å². The van der Waals surface area contributed by atoms with E-state index in [9.17, 15) is 4.79 Å². The number of ether oxygens (including phenoxy) is 1. The normalized spacial score (nSPS) is 15.4. The second kappa shape index (κ2) is 8.93. The molecule has 1 aromatic heterocycles. The number of esters is 1. The Morgan fingerprint density at radius 2 is 2.21 bits per heavy atom. The number of thiophene rings is 1. The molecule has 0 saturated carbocycles. The lowest BCUT2D eigenvalue weighted by molar-refractivity contribution is 0.0526. The first-order chi connectivity index (χ1) is 13.3. The minimum absolute atomic E-state index is 0.0354. The molecular formula is C20H22ClIN2O2S2. The van der Waals surface area contributed by atoms with Crippen LogP contribution >= 0.6 is 57.3 Å². The lowest BCUT2D eigenvalue weighted by atomic mass is 9.85. The van der Waals surface area contributed by atoms with Gasteiger partial charge < -0.3 is 10.1 Å². The SMILES string of the molecule is CCOC(=O)c1c(Nc2ccc(I)cc2Cl)sc2c1CC(C)(C)CN=C2SC. The van der Waals surface area contributed by atoms with Crippen LogP contribution in [-0.2, 0) is 11.2 Å². The number of hydrogen-bond acceptors (Lipinski definition) is 6. The third-order valence-corrected chi connectivity index (χ3v) is 7.35. The first-order valence-corrected chi connectivity index (χ1v) is 12.4. The second-order valence-corrected chi connectivity index (χ2v) is 10.7. The summed E-state index contributed by atoms with van der Waals surface area (Å²) in [6, 6.07) is 5.80. The smallest absolute Gasteiger partial charge is 0.341 e. The van der Waals surface area contributed by atoms with E-state index >= 15 is 0 Å². The molecule has 0 amide bonds. The molecule has 0 atom stereocenters. The number of fused-ring (bicyclic) bond motifs is 1. The first-order valence-electron chi connectivity index (χ1n) is 8.89. The number of halogens is 2. The summed E-state index contributed by atoms with van der Waals surface area (Å²) in [6.45, 7) is 7.25. The molecule has 1 aliphatic rings. The quantitative estimate of drug-likeness (QED) is 0.345. The maximum Gasteiger partial charge on any atom is 0.341 e. The number of hydrogen-bond donors (Lipinski definition) is 1. The van der Waals surface area contributed by atoms with E-state index in [1.54, 1.807) is 23.1 Å². The minimum atomic E-state index is -0.303. The van der Waals surface area contributed by atoms with Crippen molar-refractivity contribution in [3.05, 3.63) is 42.8 Å². The fourth-order valence-electron chi connectivity index (χ4n) is 3.08. The molecule has 0 unspecified atom stereocenters. The summed E-state index contributed by atoms with van der Waals surface area (Å²) in [5.41, 5.74) is 2.36. The number of benzene rings is 1. The molecule has 4 nitrogen and oxygen atoms in total. The van der Waals surface area contributed by atoms with E-state index in [1.165, 1.54) is 0 Å². The van der Waals surface area contributed by atoms with Crippen molar-refractivity contribution in [2.24, 2.45) is 10.4 Å². The number of carbonyl (C=O) groups excluding carboxylic acids is 1. The van der Waals surface area contributed by atoms with Crippen LogP contribution in [0, 0.1) is 8.99 Å². The third-order valence-electron chi connectivity index (χ3n) is 4.36. The van der Waals surface area contributed by atoms with Crippen molar-refractivity contribution in [3.8, 4) is 0 Å². The molecule has 1 aliphatic heterocycles. The topological polar surface area (TPSA) is 50.7 Å². The van der Waals surface area contributed by atoms with Crippen LogP contribution in [0.1, 0.15) is 41.6 Å². The standard InChI is InChI=1S/C20H22ClIN2O2S2/c1-5-26-19(25)15-12-9-20(2,3)10-23-18(27-4)16(12)28-17(15)24-14-7-6-11(22)8-13(14)21/h6-8,24H,5,9-10H2,1-4H3. The van der Waals surface area contributed by atoms with Gasteiger partial charge in [0.05, 0.1) is 27.8 Å². The summed E-state index contributed by atoms with van der Waals surface area (Å²) in [6.07, 6.45) is 2.79. The Labute approximate surface area is 192 Å². The van der Waals surface area contributed by atoms with Crippen LogP contribution in [-0.4, -0.2) is 30.4 Å². The van der Waals surface area contributed by atoms with Gasteiger partial charge in [-0.25, -0.2) is 4.79 Å². The van der Waals surface area contributed by atoms with Crippen molar-refractivity contribution >= 4 is 79.0 Å². The molecule has 1 aromatic carbocycles. The number of carbonyl (C=O) groups is 1. The summed E-state index contributed by atoms with van der Waals surface area (Å²) in [5.74, 6) is -0.303. The highest BCUT2D eigenvalue weighted by Gasteiger charge is 2.33. The zero-order chi connectivity index (χ0) is 20.5. The van der Waals surface area contributed by atoms with Crippen LogP contribution in [0.3, 0.4) is 0 Å². The van der Waals surface area contributed by atoms with Gasteiger partial charge in [0.15, 0.2) is 0 Å². The molecule has 3 rings (SSSR count). The monoisotopic (exact) mass is 548 g/mol. The van der Waals surface area contributed by atoms with Gasteiger partial charge in [-0.1, -0.05) is 25.4 Å². The van der Waals surface area contributed by atoms with E-state index < -0.39 is 0 Å². The van der Waals surface area contributed by atoms with Gasteiger partial charge in [-0.05, 0) is 71.4 Å². The molecule has 0 spiro atoms. The number of nitrogens with zero attached hydrogens (tertiary/aromatic N) is 1. The third kappa shape index (κ3) is 4.68. The molecule has 0 radical (unpaired) electrons. The van der Waals surface area contributed by atoms with Crippen molar-refractivity contribution in [2.75, 3.05) is 24.7 Å². The van der Waals surface area contributed by atoms with Crippen LogP contribution in [0.4, 0.5) is 10.7 Å². The van der Waals surface area contributed by atoms with Crippen LogP contribution in [0.25, 0.3) is 0 Å². The molecule has 28 heavy (non-hydrogen) atoms. The molecule has 1 N–H and O–H groups in total. The van der Waals surface area contributed by atoms with E-state index in [0.717, 1.165) is 42.7 Å². The largest absolute Gasteiger partial charge is 0.462 e.